The number of aliphatic hydroxyl groups excluding tert-OH is 3. The molecule has 0 heterocycles. The second kappa shape index (κ2) is 10.3. The van der Waals surface area contributed by atoms with Crippen molar-refractivity contribution in [3.8, 4) is 5.75 Å². The minimum absolute atomic E-state index is 0.0463. The van der Waals surface area contributed by atoms with Gasteiger partial charge < -0.3 is 41.7 Å². The first-order valence-electron chi connectivity index (χ1n) is 13.2. The number of phenolic OH excluding ortho intramolecular Hbond substituents is 1. The minimum Gasteiger partial charge on any atom is -0.507 e. The van der Waals surface area contributed by atoms with Gasteiger partial charge in [0.25, 0.3) is 0 Å². The number of Topliss-reactive ketones (excluding diaryl/α,β-unsaturated/α-hetero) is 2. The van der Waals surface area contributed by atoms with Gasteiger partial charge in [0, 0.05) is 29.1 Å². The number of urea groups is 1. The predicted octanol–water partition coefficient (Wildman–Crippen LogP) is 1.19. The van der Waals surface area contributed by atoms with E-state index in [2.05, 4.69) is 10.6 Å². The molecule has 2 saturated carbocycles. The predicted molar refractivity (Wildman–Crippen MR) is 148 cm³/mol. The van der Waals surface area contributed by atoms with Gasteiger partial charge in [-0.3, -0.25) is 14.4 Å². The lowest BCUT2D eigenvalue weighted by Crippen LogP contribution is -2.68. The van der Waals surface area contributed by atoms with Crippen LogP contribution >= 0.6 is 0 Å². The van der Waals surface area contributed by atoms with Crippen LogP contribution in [0.2, 0.25) is 0 Å². The third-order valence-electron chi connectivity index (χ3n) is 8.64. The summed E-state index contributed by atoms with van der Waals surface area (Å²) >= 11 is 0. The van der Waals surface area contributed by atoms with Crippen LogP contribution in [-0.4, -0.2) is 81.2 Å². The summed E-state index contributed by atoms with van der Waals surface area (Å²) in [5.74, 6) is -9.90. The molecule has 0 bridgehead atoms. The highest BCUT2D eigenvalue weighted by Gasteiger charge is 2.63. The molecule has 0 aliphatic heterocycles. The van der Waals surface area contributed by atoms with Crippen molar-refractivity contribution >= 4 is 40.6 Å². The number of phenols is 1. The smallest absolute Gasteiger partial charge is 0.323 e. The molecule has 8 N–H and O–H groups in total. The largest absolute Gasteiger partial charge is 0.507 e. The molecule has 2 aromatic carbocycles. The van der Waals surface area contributed by atoms with Crippen molar-refractivity contribution in [2.45, 2.75) is 31.1 Å². The van der Waals surface area contributed by atoms with Crippen LogP contribution < -0.4 is 16.4 Å². The zero-order valence-electron chi connectivity index (χ0n) is 22.6. The SMILES string of the molecule is C[C@H]1c2ccc(NC(=O)Nc3ccccc3)c(O)c2C(O)=C2C(=O)C3C(=O)C(C(N)=O)C(O)C(N(C)C)C3[C@@H](O)C21. The van der Waals surface area contributed by atoms with E-state index in [0.717, 1.165) is 0 Å². The highest BCUT2D eigenvalue weighted by Crippen LogP contribution is 2.55. The third-order valence-corrected chi connectivity index (χ3v) is 8.64. The molecule has 0 spiro atoms. The van der Waals surface area contributed by atoms with Crippen LogP contribution in [0.1, 0.15) is 24.0 Å². The number of carbonyl (C=O) groups excluding carboxylic acids is 4. The van der Waals surface area contributed by atoms with Crippen LogP contribution in [0.3, 0.4) is 0 Å². The number of aliphatic hydroxyl groups is 3. The Labute approximate surface area is 235 Å². The average Bonchev–Trinajstić information content (AvgIpc) is 2.90. The number of aromatic hydroxyl groups is 1. The summed E-state index contributed by atoms with van der Waals surface area (Å²) in [6, 6.07) is 9.99. The summed E-state index contributed by atoms with van der Waals surface area (Å²) in [5, 5.41) is 50.3. The Morgan fingerprint density at radius 3 is 2.22 bits per heavy atom. The first-order chi connectivity index (χ1) is 19.4. The van der Waals surface area contributed by atoms with Crippen LogP contribution in [-0.2, 0) is 14.4 Å². The number of nitrogens with zero attached hydrogens (tertiary/aromatic N) is 1. The molecule has 0 radical (unpaired) electrons. The normalized spacial score (nSPS) is 30.8. The third kappa shape index (κ3) is 4.35. The van der Waals surface area contributed by atoms with E-state index in [4.69, 9.17) is 5.73 Å². The second-order valence-corrected chi connectivity index (χ2v) is 11.1. The standard InChI is InChI=1S/C29H32N4O8/c1-11-13-9-10-14(32-29(41)31-12-7-5-4-6-8-12)22(34)16(13)24(36)18-15(11)23(35)17-19(25(18)37)26(38)20(28(30)40)27(39)21(17)33(2)3/h4-11,15,17,19-21,23,27,34-36,39H,1-3H3,(H2,30,40)(H2,31,32,41)/t11-,15?,17?,19?,20?,21?,23-,27?/m0/s1. The maximum Gasteiger partial charge on any atom is 0.323 e. The Balaban J connectivity index is 1.57. The molecule has 3 aliphatic carbocycles. The van der Waals surface area contributed by atoms with Crippen LogP contribution in [0.5, 0.6) is 5.75 Å². The van der Waals surface area contributed by atoms with E-state index in [9.17, 15) is 39.6 Å². The first-order valence-corrected chi connectivity index (χ1v) is 13.2. The number of para-hydroxylation sites is 1. The average molecular weight is 565 g/mol. The summed E-state index contributed by atoms with van der Waals surface area (Å²) in [7, 11) is 3.19. The van der Waals surface area contributed by atoms with Gasteiger partial charge in [-0.15, -0.1) is 0 Å². The first kappa shape index (κ1) is 28.3. The number of hydrogen-bond acceptors (Lipinski definition) is 9. The molecule has 12 heteroatoms. The van der Waals surface area contributed by atoms with Crippen molar-refractivity contribution in [1.82, 2.24) is 4.90 Å². The molecule has 8 atom stereocenters. The van der Waals surface area contributed by atoms with Crippen molar-refractivity contribution < 1.29 is 39.6 Å². The molecule has 12 nitrogen and oxygen atoms in total. The van der Waals surface area contributed by atoms with E-state index in [1.165, 1.54) is 6.07 Å². The summed E-state index contributed by atoms with van der Waals surface area (Å²) in [6.45, 7) is 1.71. The number of amides is 3. The van der Waals surface area contributed by atoms with Gasteiger partial charge in [-0.1, -0.05) is 31.2 Å². The van der Waals surface area contributed by atoms with Crippen molar-refractivity contribution in [1.29, 1.82) is 0 Å². The number of primary amides is 1. The molecule has 3 amide bonds. The molecular weight excluding hydrogens is 532 g/mol. The summed E-state index contributed by atoms with van der Waals surface area (Å²) in [4.78, 5) is 53.7. The lowest BCUT2D eigenvalue weighted by Gasteiger charge is -2.53. The Morgan fingerprint density at radius 2 is 1.61 bits per heavy atom. The lowest BCUT2D eigenvalue weighted by atomic mass is 9.54. The topological polar surface area (TPSA) is 203 Å². The molecule has 0 aromatic heterocycles. The highest BCUT2D eigenvalue weighted by molar-refractivity contribution is 6.19. The lowest BCUT2D eigenvalue weighted by molar-refractivity contribution is -0.166. The fraction of sp³-hybridized carbons (Fsp3) is 0.379. The number of likely N-dealkylation sites (N-methyl/N-ethyl adjacent to an activating group) is 1. The quantitative estimate of drug-likeness (QED) is 0.210. The number of fused-ring (bicyclic) bond motifs is 3. The van der Waals surface area contributed by atoms with E-state index in [1.807, 2.05) is 0 Å². The van der Waals surface area contributed by atoms with Crippen LogP contribution in [0.25, 0.3) is 5.76 Å². The van der Waals surface area contributed by atoms with E-state index < -0.39 is 82.9 Å². The van der Waals surface area contributed by atoms with E-state index in [0.29, 0.717) is 11.3 Å². The van der Waals surface area contributed by atoms with Crippen molar-refractivity contribution in [3.05, 3.63) is 59.2 Å². The number of rotatable bonds is 4. The Morgan fingerprint density at radius 1 is 0.951 bits per heavy atom. The van der Waals surface area contributed by atoms with E-state index >= 15 is 0 Å². The van der Waals surface area contributed by atoms with Crippen LogP contribution in [0.4, 0.5) is 16.2 Å². The van der Waals surface area contributed by atoms with Crippen molar-refractivity contribution in [2.75, 3.05) is 24.7 Å². The fourth-order valence-electron chi connectivity index (χ4n) is 6.87. The Kier molecular flexibility index (Phi) is 7.10. The van der Waals surface area contributed by atoms with Gasteiger partial charge >= 0.3 is 6.03 Å². The minimum atomic E-state index is -1.68. The molecule has 6 unspecified atom stereocenters. The number of nitrogens with one attached hydrogen (secondary N) is 2. The van der Waals surface area contributed by atoms with E-state index in [1.54, 1.807) is 62.3 Å². The zero-order chi connectivity index (χ0) is 29.9. The molecular formula is C29H32N4O8. The number of hydrogen-bond donors (Lipinski definition) is 7. The maximum atomic E-state index is 14.0. The molecule has 2 aromatic rings. The fourth-order valence-corrected chi connectivity index (χ4v) is 6.87. The highest BCUT2D eigenvalue weighted by atomic mass is 16.3. The van der Waals surface area contributed by atoms with Gasteiger partial charge in [-0.25, -0.2) is 4.79 Å². The summed E-state index contributed by atoms with van der Waals surface area (Å²) in [6.07, 6.45) is -2.93. The molecule has 0 saturated heterocycles. The van der Waals surface area contributed by atoms with Gasteiger partial charge in [-0.2, -0.15) is 0 Å². The van der Waals surface area contributed by atoms with Crippen LogP contribution in [0, 0.1) is 23.7 Å². The van der Waals surface area contributed by atoms with Gasteiger partial charge in [-0.05, 0) is 43.8 Å². The van der Waals surface area contributed by atoms with Gasteiger partial charge in [0.15, 0.2) is 11.6 Å². The zero-order valence-corrected chi connectivity index (χ0v) is 22.6. The number of benzene rings is 2. The molecule has 216 valence electrons. The number of nitrogens with two attached hydrogens (primary N) is 1. The molecule has 41 heavy (non-hydrogen) atoms. The van der Waals surface area contributed by atoms with Crippen LogP contribution in [0.15, 0.2) is 48.0 Å². The van der Waals surface area contributed by atoms with Gasteiger partial charge in [0.2, 0.25) is 5.91 Å². The summed E-state index contributed by atoms with van der Waals surface area (Å²) < 4.78 is 0. The van der Waals surface area contributed by atoms with Crippen molar-refractivity contribution in [3.63, 3.8) is 0 Å². The second-order valence-electron chi connectivity index (χ2n) is 11.1. The summed E-state index contributed by atoms with van der Waals surface area (Å²) in [5.41, 5.74) is 5.93. The molecule has 5 rings (SSSR count). The van der Waals surface area contributed by atoms with Gasteiger partial charge in [0.1, 0.15) is 17.4 Å². The molecule has 2 fully saturated rings. The number of anilines is 2. The van der Waals surface area contributed by atoms with Crippen molar-refractivity contribution in [2.24, 2.45) is 29.4 Å². The Hall–Kier alpha value is -4.26. The Bertz CT molecular complexity index is 1470. The number of ketones is 2. The van der Waals surface area contributed by atoms with E-state index in [-0.39, 0.29) is 16.8 Å². The monoisotopic (exact) mass is 564 g/mol. The number of carbonyl (C=O) groups is 4. The van der Waals surface area contributed by atoms with Gasteiger partial charge in [0.05, 0.1) is 29.4 Å². The molecule has 3 aliphatic rings. The maximum absolute atomic E-state index is 14.0.